The van der Waals surface area contributed by atoms with Gasteiger partial charge in [0.2, 0.25) is 5.60 Å². The van der Waals surface area contributed by atoms with Crippen LogP contribution in [0.2, 0.25) is 0 Å². The first kappa shape index (κ1) is 17.0. The molecule has 124 valence electrons. The standard InChI is InChI=1S/C15H12N2O7/c1-24-14(18)15(19,10-2-6-12(7-3-10)16(20)21)11-4-8-13(9-5-11)17(22)23/h2-9,19H,1H3. The fraction of sp³-hybridized carbons (Fsp3) is 0.133. The van der Waals surface area contributed by atoms with Gasteiger partial charge in [-0.15, -0.1) is 0 Å². The quantitative estimate of drug-likeness (QED) is 0.502. The van der Waals surface area contributed by atoms with Gasteiger partial charge < -0.3 is 9.84 Å². The molecule has 9 heteroatoms. The summed E-state index contributed by atoms with van der Waals surface area (Å²) in [5, 5.41) is 32.3. The smallest absolute Gasteiger partial charge is 0.347 e. The molecule has 0 aliphatic heterocycles. The summed E-state index contributed by atoms with van der Waals surface area (Å²) in [6.07, 6.45) is 0. The SMILES string of the molecule is COC(=O)C(O)(c1ccc([N+](=O)[O-])cc1)c1ccc([N+](=O)[O-])cc1. The number of carbonyl (C=O) groups is 1. The molecule has 0 radical (unpaired) electrons. The number of hydrogen-bond acceptors (Lipinski definition) is 7. The van der Waals surface area contributed by atoms with Gasteiger partial charge in [0, 0.05) is 24.3 Å². The van der Waals surface area contributed by atoms with E-state index < -0.39 is 21.4 Å². The summed E-state index contributed by atoms with van der Waals surface area (Å²) in [6.45, 7) is 0. The first-order chi connectivity index (χ1) is 11.3. The van der Waals surface area contributed by atoms with Gasteiger partial charge in [-0.05, 0) is 35.4 Å². The average molecular weight is 332 g/mol. The van der Waals surface area contributed by atoms with Crippen LogP contribution in [0.5, 0.6) is 0 Å². The molecular weight excluding hydrogens is 320 g/mol. The van der Waals surface area contributed by atoms with E-state index in [1.807, 2.05) is 0 Å². The van der Waals surface area contributed by atoms with Gasteiger partial charge in [-0.25, -0.2) is 4.79 Å². The van der Waals surface area contributed by atoms with Gasteiger partial charge in [0.15, 0.2) is 0 Å². The fourth-order valence-electron chi connectivity index (χ4n) is 2.20. The number of rotatable bonds is 5. The van der Waals surface area contributed by atoms with Crippen molar-refractivity contribution in [2.75, 3.05) is 7.11 Å². The van der Waals surface area contributed by atoms with Crippen LogP contribution < -0.4 is 0 Å². The summed E-state index contributed by atoms with van der Waals surface area (Å²) in [5.74, 6) is -1.02. The zero-order valence-corrected chi connectivity index (χ0v) is 12.4. The Hall–Kier alpha value is -3.33. The van der Waals surface area contributed by atoms with Gasteiger partial charge in [0.05, 0.1) is 17.0 Å². The molecule has 0 atom stereocenters. The van der Waals surface area contributed by atoms with E-state index in [9.17, 15) is 30.1 Å². The third-order valence-corrected chi connectivity index (χ3v) is 3.47. The molecule has 0 bridgehead atoms. The summed E-state index contributed by atoms with van der Waals surface area (Å²) in [6, 6.07) is 9.41. The number of aliphatic hydroxyl groups is 1. The van der Waals surface area contributed by atoms with Crippen molar-refractivity contribution in [3.63, 3.8) is 0 Å². The molecule has 0 saturated carbocycles. The van der Waals surface area contributed by atoms with Crippen molar-refractivity contribution in [3.8, 4) is 0 Å². The Morgan fingerprint density at radius 1 is 0.917 bits per heavy atom. The van der Waals surface area contributed by atoms with Crippen molar-refractivity contribution in [1.82, 2.24) is 0 Å². The number of carbonyl (C=O) groups excluding carboxylic acids is 1. The number of esters is 1. The van der Waals surface area contributed by atoms with Gasteiger partial charge in [-0.2, -0.15) is 0 Å². The maximum atomic E-state index is 12.1. The van der Waals surface area contributed by atoms with Crippen molar-refractivity contribution in [1.29, 1.82) is 0 Å². The second-order valence-corrected chi connectivity index (χ2v) is 4.81. The maximum absolute atomic E-state index is 12.1. The molecule has 0 aliphatic rings. The normalized spacial score (nSPS) is 10.9. The Bertz CT molecular complexity index is 727. The molecule has 2 aromatic carbocycles. The Morgan fingerprint density at radius 3 is 1.50 bits per heavy atom. The highest BCUT2D eigenvalue weighted by molar-refractivity contribution is 5.85. The number of nitrogens with zero attached hydrogens (tertiary/aromatic N) is 2. The van der Waals surface area contributed by atoms with Crippen molar-refractivity contribution < 1.29 is 24.5 Å². The number of nitro groups is 2. The average Bonchev–Trinajstić information content (AvgIpc) is 2.60. The minimum Gasteiger partial charge on any atom is -0.466 e. The molecule has 24 heavy (non-hydrogen) atoms. The van der Waals surface area contributed by atoms with Crippen LogP contribution in [0.4, 0.5) is 11.4 Å². The molecule has 0 spiro atoms. The first-order valence-corrected chi connectivity index (χ1v) is 6.61. The Labute approximate surface area is 135 Å². The van der Waals surface area contributed by atoms with Gasteiger partial charge >= 0.3 is 5.97 Å². The number of benzene rings is 2. The van der Waals surface area contributed by atoms with Gasteiger partial charge in [0.25, 0.3) is 11.4 Å². The third-order valence-electron chi connectivity index (χ3n) is 3.47. The molecular formula is C15H12N2O7. The van der Waals surface area contributed by atoms with Crippen LogP contribution >= 0.6 is 0 Å². The Kier molecular flexibility index (Phi) is 4.56. The second kappa shape index (κ2) is 6.42. The van der Waals surface area contributed by atoms with E-state index in [4.69, 9.17) is 0 Å². The predicted molar refractivity (Wildman–Crippen MR) is 81.2 cm³/mol. The number of nitro benzene ring substituents is 2. The van der Waals surface area contributed by atoms with E-state index in [-0.39, 0.29) is 22.5 Å². The lowest BCUT2D eigenvalue weighted by Gasteiger charge is -2.26. The number of ether oxygens (including phenoxy) is 1. The predicted octanol–water partition coefficient (Wildman–Crippen LogP) is 1.91. The number of hydrogen-bond donors (Lipinski definition) is 1. The van der Waals surface area contributed by atoms with Gasteiger partial charge in [-0.3, -0.25) is 20.2 Å². The van der Waals surface area contributed by atoms with E-state index in [1.54, 1.807) is 0 Å². The molecule has 2 aromatic rings. The van der Waals surface area contributed by atoms with E-state index in [2.05, 4.69) is 4.74 Å². The lowest BCUT2D eigenvalue weighted by atomic mass is 9.86. The van der Waals surface area contributed by atoms with Crippen LogP contribution in [0.15, 0.2) is 48.5 Å². The summed E-state index contributed by atoms with van der Waals surface area (Å²) >= 11 is 0. The monoisotopic (exact) mass is 332 g/mol. The molecule has 9 nitrogen and oxygen atoms in total. The third kappa shape index (κ3) is 2.92. The van der Waals surface area contributed by atoms with Gasteiger partial charge in [-0.1, -0.05) is 0 Å². The van der Waals surface area contributed by atoms with Crippen LogP contribution in [0.25, 0.3) is 0 Å². The summed E-state index contributed by atoms with van der Waals surface area (Å²) in [5.41, 5.74) is -2.61. The lowest BCUT2D eigenvalue weighted by molar-refractivity contribution is -0.385. The summed E-state index contributed by atoms with van der Waals surface area (Å²) in [4.78, 5) is 32.3. The Balaban J connectivity index is 2.55. The van der Waals surface area contributed by atoms with Crippen molar-refractivity contribution in [2.24, 2.45) is 0 Å². The molecule has 0 aromatic heterocycles. The molecule has 0 saturated heterocycles. The van der Waals surface area contributed by atoms with Crippen molar-refractivity contribution in [3.05, 3.63) is 79.9 Å². The highest BCUT2D eigenvalue weighted by Gasteiger charge is 2.41. The maximum Gasteiger partial charge on any atom is 0.347 e. The van der Waals surface area contributed by atoms with Crippen molar-refractivity contribution in [2.45, 2.75) is 5.60 Å². The molecule has 0 fully saturated rings. The molecule has 0 heterocycles. The van der Waals surface area contributed by atoms with Crippen LogP contribution in [0.1, 0.15) is 11.1 Å². The largest absolute Gasteiger partial charge is 0.466 e. The topological polar surface area (TPSA) is 133 Å². The molecule has 0 aliphatic carbocycles. The van der Waals surface area contributed by atoms with Crippen LogP contribution in [-0.4, -0.2) is 28.0 Å². The molecule has 0 amide bonds. The highest BCUT2D eigenvalue weighted by Crippen LogP contribution is 2.33. The summed E-state index contributed by atoms with van der Waals surface area (Å²) in [7, 11) is 1.07. The zero-order chi connectivity index (χ0) is 17.9. The van der Waals surface area contributed by atoms with E-state index in [0.29, 0.717) is 0 Å². The fourth-order valence-corrected chi connectivity index (χ4v) is 2.20. The van der Waals surface area contributed by atoms with Crippen molar-refractivity contribution >= 4 is 17.3 Å². The van der Waals surface area contributed by atoms with E-state index in [0.717, 1.165) is 31.4 Å². The first-order valence-electron chi connectivity index (χ1n) is 6.61. The minimum absolute atomic E-state index is 0.0359. The van der Waals surface area contributed by atoms with Crippen LogP contribution in [-0.2, 0) is 15.1 Å². The van der Waals surface area contributed by atoms with E-state index in [1.165, 1.54) is 24.3 Å². The number of methoxy groups -OCH3 is 1. The highest BCUT2D eigenvalue weighted by atomic mass is 16.6. The van der Waals surface area contributed by atoms with Crippen LogP contribution in [0, 0.1) is 20.2 Å². The number of non-ortho nitro benzene ring substituents is 2. The lowest BCUT2D eigenvalue weighted by Crippen LogP contribution is -2.38. The second-order valence-electron chi connectivity index (χ2n) is 4.81. The molecule has 2 rings (SSSR count). The minimum atomic E-state index is -2.25. The molecule has 0 unspecified atom stereocenters. The van der Waals surface area contributed by atoms with Crippen LogP contribution in [0.3, 0.4) is 0 Å². The van der Waals surface area contributed by atoms with Gasteiger partial charge in [0.1, 0.15) is 0 Å². The summed E-state index contributed by atoms with van der Waals surface area (Å²) < 4.78 is 4.62. The molecule has 1 N–H and O–H groups in total. The Morgan fingerprint density at radius 2 is 1.25 bits per heavy atom. The zero-order valence-electron chi connectivity index (χ0n) is 12.4. The van der Waals surface area contributed by atoms with E-state index >= 15 is 0 Å².